The van der Waals surface area contributed by atoms with Gasteiger partial charge in [-0.15, -0.1) is 6.58 Å². The van der Waals surface area contributed by atoms with Crippen molar-refractivity contribution in [3.63, 3.8) is 0 Å². The molecule has 5 nitrogen and oxygen atoms in total. The average molecular weight is 249 g/mol. The minimum atomic E-state index is -1.20. The molecule has 0 aliphatic carbocycles. The number of carbonyl (C=O) groups is 2. The van der Waals surface area contributed by atoms with Gasteiger partial charge in [0.05, 0.1) is 6.61 Å². The van der Waals surface area contributed by atoms with E-state index >= 15 is 0 Å². The van der Waals surface area contributed by atoms with Crippen LogP contribution in [0.25, 0.3) is 0 Å². The van der Waals surface area contributed by atoms with Crippen LogP contribution in [0.1, 0.15) is 12.0 Å². The Balaban J connectivity index is 2.40. The topological polar surface area (TPSA) is 75.6 Å². The third-order valence-corrected chi connectivity index (χ3v) is 2.27. The maximum atomic E-state index is 11.5. The Kier molecular flexibility index (Phi) is 5.60. The second-order valence-electron chi connectivity index (χ2n) is 3.66. The zero-order chi connectivity index (χ0) is 13.4. The third kappa shape index (κ3) is 4.39. The van der Waals surface area contributed by atoms with Crippen LogP contribution in [0.15, 0.2) is 43.0 Å². The van der Waals surface area contributed by atoms with Gasteiger partial charge in [-0.25, -0.2) is 5.48 Å². The van der Waals surface area contributed by atoms with Crippen LogP contribution in [-0.4, -0.2) is 17.0 Å². The number of hydrogen-bond donors (Lipinski definition) is 2. The molecular weight excluding hydrogens is 234 g/mol. The predicted molar refractivity (Wildman–Crippen MR) is 65.3 cm³/mol. The highest BCUT2D eigenvalue weighted by Gasteiger charge is 2.24. The molecule has 0 unspecified atom stereocenters. The predicted octanol–water partition coefficient (Wildman–Crippen LogP) is 1.51. The molecule has 1 aromatic rings. The molecule has 18 heavy (non-hydrogen) atoms. The molecular formula is C13H15NO4. The molecule has 96 valence electrons. The summed E-state index contributed by atoms with van der Waals surface area (Å²) in [6.45, 7) is 3.60. The van der Waals surface area contributed by atoms with Crippen LogP contribution in [0.4, 0.5) is 0 Å². The van der Waals surface area contributed by atoms with Crippen molar-refractivity contribution >= 4 is 11.9 Å². The van der Waals surface area contributed by atoms with E-state index < -0.39 is 17.8 Å². The minimum Gasteiger partial charge on any atom is -0.481 e. The maximum Gasteiger partial charge on any atom is 0.316 e. The molecule has 5 heteroatoms. The number of carbonyl (C=O) groups excluding carboxylic acids is 1. The van der Waals surface area contributed by atoms with Crippen molar-refractivity contribution in [3.8, 4) is 0 Å². The van der Waals surface area contributed by atoms with E-state index in [1.54, 1.807) is 0 Å². The van der Waals surface area contributed by atoms with Crippen LogP contribution in [0.5, 0.6) is 0 Å². The summed E-state index contributed by atoms with van der Waals surface area (Å²) in [6.07, 6.45) is 1.45. The van der Waals surface area contributed by atoms with Gasteiger partial charge in [-0.2, -0.15) is 0 Å². The molecule has 0 saturated heterocycles. The first-order valence-electron chi connectivity index (χ1n) is 5.44. The number of hydroxylamine groups is 1. The Morgan fingerprint density at radius 1 is 1.39 bits per heavy atom. The zero-order valence-electron chi connectivity index (χ0n) is 9.83. The van der Waals surface area contributed by atoms with Crippen molar-refractivity contribution in [1.82, 2.24) is 5.48 Å². The molecule has 1 rings (SSSR count). The summed E-state index contributed by atoms with van der Waals surface area (Å²) in [7, 11) is 0. The van der Waals surface area contributed by atoms with E-state index in [1.807, 2.05) is 30.3 Å². The number of nitrogens with one attached hydrogen (secondary N) is 1. The van der Waals surface area contributed by atoms with Crippen LogP contribution >= 0.6 is 0 Å². The normalized spacial score (nSPS) is 11.6. The van der Waals surface area contributed by atoms with Gasteiger partial charge in [-0.1, -0.05) is 36.4 Å². The summed E-state index contributed by atoms with van der Waals surface area (Å²) in [5.41, 5.74) is 3.01. The Morgan fingerprint density at radius 2 is 2.06 bits per heavy atom. The van der Waals surface area contributed by atoms with Gasteiger partial charge >= 0.3 is 5.97 Å². The number of hydrogen-bond acceptors (Lipinski definition) is 3. The Hall–Kier alpha value is -2.14. The fourth-order valence-electron chi connectivity index (χ4n) is 1.32. The number of allylic oxidation sites excluding steroid dienone is 1. The standard InChI is InChI=1S/C13H15NO4/c1-2-6-11(13(16)17)12(15)14-18-9-10-7-4-3-5-8-10/h2-5,7-8,11H,1,6,9H2,(H,14,15)(H,16,17)/t11-/m0/s1. The quantitative estimate of drug-likeness (QED) is 0.436. The lowest BCUT2D eigenvalue weighted by Crippen LogP contribution is -2.35. The van der Waals surface area contributed by atoms with Gasteiger partial charge in [0, 0.05) is 0 Å². The van der Waals surface area contributed by atoms with Crippen molar-refractivity contribution in [2.24, 2.45) is 5.92 Å². The summed E-state index contributed by atoms with van der Waals surface area (Å²) in [4.78, 5) is 27.3. The Morgan fingerprint density at radius 3 is 2.61 bits per heavy atom. The molecule has 0 aliphatic heterocycles. The van der Waals surface area contributed by atoms with E-state index in [9.17, 15) is 9.59 Å². The first-order valence-corrected chi connectivity index (χ1v) is 5.44. The molecule has 1 aromatic carbocycles. The number of aliphatic carboxylic acids is 1. The van der Waals surface area contributed by atoms with Crippen molar-refractivity contribution < 1.29 is 19.5 Å². The van der Waals surface area contributed by atoms with E-state index in [0.717, 1.165) is 5.56 Å². The fraction of sp³-hybridized carbons (Fsp3) is 0.231. The largest absolute Gasteiger partial charge is 0.481 e. The van der Waals surface area contributed by atoms with Gasteiger partial charge in [0.25, 0.3) is 5.91 Å². The zero-order valence-corrected chi connectivity index (χ0v) is 9.83. The first-order chi connectivity index (χ1) is 8.65. The Labute approximate surface area is 105 Å². The van der Waals surface area contributed by atoms with Crippen LogP contribution in [0.2, 0.25) is 0 Å². The molecule has 0 aromatic heterocycles. The molecule has 0 spiro atoms. The van der Waals surface area contributed by atoms with Crippen molar-refractivity contribution in [2.75, 3.05) is 0 Å². The number of rotatable bonds is 7. The van der Waals surface area contributed by atoms with Crippen molar-refractivity contribution in [3.05, 3.63) is 48.6 Å². The molecule has 0 saturated carbocycles. The number of carboxylic acid groups (broad SMARTS) is 1. The lowest BCUT2D eigenvalue weighted by molar-refractivity contribution is -0.152. The third-order valence-electron chi connectivity index (χ3n) is 2.27. The summed E-state index contributed by atoms with van der Waals surface area (Å²) in [6, 6.07) is 9.23. The van der Waals surface area contributed by atoms with E-state index in [-0.39, 0.29) is 13.0 Å². The van der Waals surface area contributed by atoms with Gasteiger partial charge in [0.1, 0.15) is 5.92 Å². The molecule has 0 heterocycles. The van der Waals surface area contributed by atoms with Crippen molar-refractivity contribution in [2.45, 2.75) is 13.0 Å². The summed E-state index contributed by atoms with van der Waals surface area (Å²) >= 11 is 0. The lowest BCUT2D eigenvalue weighted by Gasteiger charge is -2.10. The van der Waals surface area contributed by atoms with Gasteiger partial charge in [0.2, 0.25) is 0 Å². The number of carboxylic acids is 1. The highest BCUT2D eigenvalue weighted by atomic mass is 16.6. The molecule has 0 bridgehead atoms. The summed E-state index contributed by atoms with van der Waals surface area (Å²) in [5, 5.41) is 8.83. The van der Waals surface area contributed by atoms with Crippen LogP contribution in [0, 0.1) is 5.92 Å². The molecule has 0 radical (unpaired) electrons. The lowest BCUT2D eigenvalue weighted by atomic mass is 10.1. The number of amides is 1. The van der Waals surface area contributed by atoms with Crippen LogP contribution < -0.4 is 5.48 Å². The maximum absolute atomic E-state index is 11.5. The van der Waals surface area contributed by atoms with E-state index in [0.29, 0.717) is 0 Å². The van der Waals surface area contributed by atoms with Gasteiger partial charge in [-0.3, -0.25) is 14.4 Å². The monoisotopic (exact) mass is 249 g/mol. The highest BCUT2D eigenvalue weighted by molar-refractivity contribution is 5.96. The summed E-state index contributed by atoms with van der Waals surface area (Å²) < 4.78 is 0. The molecule has 1 atom stereocenters. The fourth-order valence-corrected chi connectivity index (χ4v) is 1.32. The first kappa shape index (κ1) is 13.9. The van der Waals surface area contributed by atoms with Crippen LogP contribution in [0.3, 0.4) is 0 Å². The second-order valence-corrected chi connectivity index (χ2v) is 3.66. The molecule has 2 N–H and O–H groups in total. The number of benzene rings is 1. The van der Waals surface area contributed by atoms with E-state index in [1.165, 1.54) is 6.08 Å². The Bertz CT molecular complexity index is 416. The van der Waals surface area contributed by atoms with Gasteiger partial charge in [-0.05, 0) is 12.0 Å². The van der Waals surface area contributed by atoms with Gasteiger partial charge < -0.3 is 5.11 Å². The van der Waals surface area contributed by atoms with Gasteiger partial charge in [0.15, 0.2) is 0 Å². The highest BCUT2D eigenvalue weighted by Crippen LogP contribution is 2.05. The minimum absolute atomic E-state index is 0.0653. The van der Waals surface area contributed by atoms with Crippen LogP contribution in [-0.2, 0) is 21.0 Å². The smallest absolute Gasteiger partial charge is 0.316 e. The SMILES string of the molecule is C=CC[C@H](C(=O)O)C(=O)NOCc1ccccc1. The average Bonchev–Trinajstić information content (AvgIpc) is 2.36. The summed E-state index contributed by atoms with van der Waals surface area (Å²) in [5.74, 6) is -3.05. The van der Waals surface area contributed by atoms with E-state index in [2.05, 4.69) is 12.1 Å². The van der Waals surface area contributed by atoms with Crippen molar-refractivity contribution in [1.29, 1.82) is 0 Å². The second kappa shape index (κ2) is 7.24. The molecule has 0 aliphatic rings. The van der Waals surface area contributed by atoms with E-state index in [4.69, 9.17) is 9.94 Å². The molecule has 0 fully saturated rings. The molecule has 1 amide bonds.